The van der Waals surface area contributed by atoms with Crippen LogP contribution in [0, 0.1) is 3.57 Å². The number of carbonyl (C=O) groups is 1. The average Bonchev–Trinajstić information content (AvgIpc) is 3.13. The predicted molar refractivity (Wildman–Crippen MR) is 101 cm³/mol. The number of hydrogen-bond acceptors (Lipinski definition) is 4. The molecule has 1 N–H and O–H groups in total. The fourth-order valence-corrected chi connectivity index (χ4v) is 3.01. The summed E-state index contributed by atoms with van der Waals surface area (Å²) >= 11 is 5.45. The summed E-state index contributed by atoms with van der Waals surface area (Å²) in [7, 11) is 1.73. The van der Waals surface area contributed by atoms with Gasteiger partial charge in [0.2, 0.25) is 0 Å². The third-order valence-corrected chi connectivity index (χ3v) is 4.50. The Morgan fingerprint density at radius 2 is 2.04 bits per heavy atom. The van der Waals surface area contributed by atoms with Crippen LogP contribution in [0.3, 0.4) is 0 Å². The molecule has 0 aliphatic carbocycles. The van der Waals surface area contributed by atoms with Gasteiger partial charge in [-0.25, -0.2) is 4.68 Å². The largest absolute Gasteiger partial charge is 0.471 e. The summed E-state index contributed by atoms with van der Waals surface area (Å²) in [4.78, 5) is 12.3. The van der Waals surface area contributed by atoms with E-state index in [4.69, 9.17) is 4.74 Å². The van der Waals surface area contributed by atoms with Gasteiger partial charge in [-0.15, -0.1) is 0 Å². The Hall–Kier alpha value is -1.88. The number of aromatic nitrogens is 4. The summed E-state index contributed by atoms with van der Waals surface area (Å²) in [5, 5.41) is 11.0. The van der Waals surface area contributed by atoms with Gasteiger partial charge < -0.3 is 10.1 Å². The van der Waals surface area contributed by atoms with Crippen LogP contribution < -0.4 is 10.1 Å². The molecule has 0 fully saturated rings. The van der Waals surface area contributed by atoms with Gasteiger partial charge in [-0.1, -0.05) is 15.9 Å². The topological polar surface area (TPSA) is 74.0 Å². The fourth-order valence-electron chi connectivity index (χ4n) is 2.03. The molecular weight excluding hydrogens is 489 g/mol. The molecule has 2 aromatic heterocycles. The standard InChI is InChI=1S/C15H13BrIN5O2/c1-21-14(13(17)7-18-21)15(23)20-11-6-19-22(8-11)9-24-12-4-2-10(16)3-5-12/h2-8H,9H2,1H3,(H,20,23). The second kappa shape index (κ2) is 7.34. The highest BCUT2D eigenvalue weighted by Gasteiger charge is 2.15. The zero-order valence-corrected chi connectivity index (χ0v) is 16.4. The van der Waals surface area contributed by atoms with E-state index in [0.717, 1.165) is 13.8 Å². The van der Waals surface area contributed by atoms with Crippen molar-refractivity contribution in [2.75, 3.05) is 5.32 Å². The number of benzene rings is 1. The lowest BCUT2D eigenvalue weighted by molar-refractivity contribution is 0.101. The second-order valence-electron chi connectivity index (χ2n) is 4.91. The van der Waals surface area contributed by atoms with Crippen LogP contribution in [0.1, 0.15) is 10.5 Å². The van der Waals surface area contributed by atoms with Crippen LogP contribution in [0.2, 0.25) is 0 Å². The summed E-state index contributed by atoms with van der Waals surface area (Å²) in [6.45, 7) is 0.251. The number of hydrogen-bond donors (Lipinski definition) is 1. The van der Waals surface area contributed by atoms with E-state index >= 15 is 0 Å². The molecule has 0 atom stereocenters. The maximum Gasteiger partial charge on any atom is 0.275 e. The molecule has 0 aliphatic heterocycles. The molecule has 0 spiro atoms. The fraction of sp³-hybridized carbons (Fsp3) is 0.133. The van der Waals surface area contributed by atoms with Gasteiger partial charge in [-0.2, -0.15) is 10.2 Å². The molecule has 0 bridgehead atoms. The van der Waals surface area contributed by atoms with Crippen molar-refractivity contribution < 1.29 is 9.53 Å². The molecule has 0 aliphatic rings. The van der Waals surface area contributed by atoms with E-state index in [1.165, 1.54) is 4.68 Å². The molecule has 1 aromatic carbocycles. The van der Waals surface area contributed by atoms with Crippen LogP contribution in [0.15, 0.2) is 47.3 Å². The SMILES string of the molecule is Cn1ncc(I)c1C(=O)Nc1cnn(COc2ccc(Br)cc2)c1. The molecule has 124 valence electrons. The number of rotatable bonds is 5. The van der Waals surface area contributed by atoms with Crippen molar-refractivity contribution in [2.45, 2.75) is 6.73 Å². The number of nitrogens with zero attached hydrogens (tertiary/aromatic N) is 4. The van der Waals surface area contributed by atoms with Crippen LogP contribution in [-0.4, -0.2) is 25.5 Å². The van der Waals surface area contributed by atoms with E-state index in [9.17, 15) is 4.79 Å². The zero-order chi connectivity index (χ0) is 17.1. The van der Waals surface area contributed by atoms with Crippen molar-refractivity contribution in [3.05, 3.63) is 56.6 Å². The molecule has 3 aromatic rings. The Morgan fingerprint density at radius 3 is 2.71 bits per heavy atom. The number of halogens is 2. The van der Waals surface area contributed by atoms with E-state index in [2.05, 4.69) is 54.0 Å². The lowest BCUT2D eigenvalue weighted by Crippen LogP contribution is -2.17. The van der Waals surface area contributed by atoms with Crippen LogP contribution in [0.4, 0.5) is 5.69 Å². The van der Waals surface area contributed by atoms with Gasteiger partial charge in [0.1, 0.15) is 11.4 Å². The maximum absolute atomic E-state index is 12.3. The summed E-state index contributed by atoms with van der Waals surface area (Å²) in [5.74, 6) is 0.511. The number of ether oxygens (including phenoxy) is 1. The molecule has 1 amide bonds. The molecular formula is C15H13BrIN5O2. The van der Waals surface area contributed by atoms with Gasteiger partial charge in [0.05, 0.1) is 27.8 Å². The first-order valence-electron chi connectivity index (χ1n) is 6.92. The number of amides is 1. The molecule has 0 radical (unpaired) electrons. The third kappa shape index (κ3) is 3.96. The normalized spacial score (nSPS) is 10.6. The van der Waals surface area contributed by atoms with Crippen molar-refractivity contribution in [1.29, 1.82) is 0 Å². The molecule has 3 rings (SSSR count). The Morgan fingerprint density at radius 1 is 1.29 bits per heavy atom. The minimum atomic E-state index is -0.229. The lowest BCUT2D eigenvalue weighted by atomic mass is 10.3. The highest BCUT2D eigenvalue weighted by atomic mass is 127. The smallest absolute Gasteiger partial charge is 0.275 e. The summed E-state index contributed by atoms with van der Waals surface area (Å²) in [6.07, 6.45) is 4.93. The van der Waals surface area contributed by atoms with E-state index in [-0.39, 0.29) is 12.6 Å². The monoisotopic (exact) mass is 501 g/mol. The second-order valence-corrected chi connectivity index (χ2v) is 6.99. The van der Waals surface area contributed by atoms with Gasteiger partial charge in [-0.3, -0.25) is 9.48 Å². The zero-order valence-electron chi connectivity index (χ0n) is 12.6. The Balaban J connectivity index is 1.61. The lowest BCUT2D eigenvalue weighted by Gasteiger charge is -2.06. The third-order valence-electron chi connectivity index (χ3n) is 3.18. The summed E-state index contributed by atoms with van der Waals surface area (Å²) in [5.41, 5.74) is 1.10. The minimum Gasteiger partial charge on any atom is -0.471 e. The highest BCUT2D eigenvalue weighted by molar-refractivity contribution is 14.1. The van der Waals surface area contributed by atoms with Crippen molar-refractivity contribution in [3.63, 3.8) is 0 Å². The summed E-state index contributed by atoms with van der Waals surface area (Å²) in [6, 6.07) is 7.53. The van der Waals surface area contributed by atoms with E-state index in [1.54, 1.807) is 30.3 Å². The first-order valence-corrected chi connectivity index (χ1v) is 8.80. The van der Waals surface area contributed by atoms with Gasteiger partial charge >= 0.3 is 0 Å². The molecule has 2 heterocycles. The molecule has 9 heteroatoms. The van der Waals surface area contributed by atoms with Crippen LogP contribution in [-0.2, 0) is 13.8 Å². The molecule has 0 saturated heterocycles. The van der Waals surface area contributed by atoms with Crippen LogP contribution in [0.5, 0.6) is 5.75 Å². The Bertz CT molecular complexity index is 840. The molecule has 0 saturated carbocycles. The average molecular weight is 502 g/mol. The molecule has 24 heavy (non-hydrogen) atoms. The van der Waals surface area contributed by atoms with E-state index in [1.807, 2.05) is 24.3 Å². The van der Waals surface area contributed by atoms with Crippen molar-refractivity contribution >= 4 is 50.1 Å². The van der Waals surface area contributed by atoms with Crippen molar-refractivity contribution in [3.8, 4) is 5.75 Å². The quantitative estimate of drug-likeness (QED) is 0.544. The van der Waals surface area contributed by atoms with Gasteiger partial charge in [-0.05, 0) is 46.9 Å². The van der Waals surface area contributed by atoms with Gasteiger partial charge in [0.15, 0.2) is 6.73 Å². The van der Waals surface area contributed by atoms with Crippen molar-refractivity contribution in [2.24, 2.45) is 7.05 Å². The number of carbonyl (C=O) groups excluding carboxylic acids is 1. The molecule has 7 nitrogen and oxygen atoms in total. The number of anilines is 1. The minimum absolute atomic E-state index is 0.229. The predicted octanol–water partition coefficient (Wildman–Crippen LogP) is 3.27. The first-order chi connectivity index (χ1) is 11.5. The Labute approximate surface area is 160 Å². The van der Waals surface area contributed by atoms with Gasteiger partial charge in [0.25, 0.3) is 5.91 Å². The van der Waals surface area contributed by atoms with E-state index < -0.39 is 0 Å². The van der Waals surface area contributed by atoms with Gasteiger partial charge in [0, 0.05) is 11.5 Å². The van der Waals surface area contributed by atoms with Crippen LogP contribution >= 0.6 is 38.5 Å². The maximum atomic E-state index is 12.3. The van der Waals surface area contributed by atoms with E-state index in [0.29, 0.717) is 11.4 Å². The Kier molecular flexibility index (Phi) is 5.19. The first kappa shape index (κ1) is 17.0. The molecule has 0 unspecified atom stereocenters. The number of aryl methyl sites for hydroxylation is 1. The van der Waals surface area contributed by atoms with Crippen LogP contribution in [0.25, 0.3) is 0 Å². The number of nitrogens with one attached hydrogen (secondary N) is 1. The highest BCUT2D eigenvalue weighted by Crippen LogP contribution is 2.17. The van der Waals surface area contributed by atoms with Crippen molar-refractivity contribution in [1.82, 2.24) is 19.6 Å². The summed E-state index contributed by atoms with van der Waals surface area (Å²) < 4.78 is 10.6.